The van der Waals surface area contributed by atoms with E-state index in [0.717, 1.165) is 36.7 Å². The summed E-state index contributed by atoms with van der Waals surface area (Å²) in [5.41, 5.74) is 2.91. The minimum absolute atomic E-state index is 0.0255. The molecule has 0 radical (unpaired) electrons. The lowest BCUT2D eigenvalue weighted by Gasteiger charge is -2.38. The standard InChI is InChI=1S/C13H15ClN2O2/c1-13(6-18-7-13)5-15-11-2-8-3-12(17)16-10(8)4-9(11)14/h2,4,15H,3,5-7H2,1H3,(H,16,17). The third-order valence-corrected chi connectivity index (χ3v) is 3.74. The van der Waals surface area contributed by atoms with Gasteiger partial charge in [-0.3, -0.25) is 4.79 Å². The van der Waals surface area contributed by atoms with Crippen LogP contribution in [-0.4, -0.2) is 25.7 Å². The smallest absolute Gasteiger partial charge is 0.228 e. The van der Waals surface area contributed by atoms with Crippen LogP contribution in [0.5, 0.6) is 0 Å². The maximum atomic E-state index is 11.3. The van der Waals surface area contributed by atoms with Crippen molar-refractivity contribution in [1.29, 1.82) is 0 Å². The van der Waals surface area contributed by atoms with Gasteiger partial charge < -0.3 is 15.4 Å². The Morgan fingerprint density at radius 1 is 1.50 bits per heavy atom. The highest BCUT2D eigenvalue weighted by atomic mass is 35.5. The average Bonchev–Trinajstić information content (AvgIpc) is 2.62. The number of rotatable bonds is 3. The summed E-state index contributed by atoms with van der Waals surface area (Å²) in [5.74, 6) is 0.0255. The molecule has 5 heteroatoms. The fourth-order valence-corrected chi connectivity index (χ4v) is 2.48. The lowest BCUT2D eigenvalue weighted by Crippen LogP contribution is -2.45. The first-order valence-corrected chi connectivity index (χ1v) is 6.37. The molecule has 2 aliphatic rings. The van der Waals surface area contributed by atoms with Crippen molar-refractivity contribution in [2.75, 3.05) is 30.4 Å². The molecule has 2 aliphatic heterocycles. The summed E-state index contributed by atoms with van der Waals surface area (Å²) in [7, 11) is 0. The van der Waals surface area contributed by atoms with Crippen LogP contribution in [-0.2, 0) is 16.0 Å². The van der Waals surface area contributed by atoms with Crippen LogP contribution in [0.25, 0.3) is 0 Å². The van der Waals surface area contributed by atoms with E-state index in [4.69, 9.17) is 16.3 Å². The Bertz CT molecular complexity index is 512. The number of hydrogen-bond donors (Lipinski definition) is 2. The first-order chi connectivity index (χ1) is 8.56. The van der Waals surface area contributed by atoms with E-state index in [0.29, 0.717) is 11.4 Å². The maximum absolute atomic E-state index is 11.3. The molecule has 3 rings (SSSR count). The summed E-state index contributed by atoms with van der Waals surface area (Å²) < 4.78 is 5.22. The fourth-order valence-electron chi connectivity index (χ4n) is 2.24. The van der Waals surface area contributed by atoms with Gasteiger partial charge in [-0.25, -0.2) is 0 Å². The van der Waals surface area contributed by atoms with E-state index in [9.17, 15) is 4.79 Å². The highest BCUT2D eigenvalue weighted by Gasteiger charge is 2.33. The summed E-state index contributed by atoms with van der Waals surface area (Å²) in [6, 6.07) is 3.77. The summed E-state index contributed by atoms with van der Waals surface area (Å²) in [6.07, 6.45) is 0.432. The second kappa shape index (κ2) is 4.14. The molecule has 0 atom stereocenters. The normalized spacial score (nSPS) is 20.0. The van der Waals surface area contributed by atoms with Crippen molar-refractivity contribution >= 4 is 28.9 Å². The molecular weight excluding hydrogens is 252 g/mol. The van der Waals surface area contributed by atoms with E-state index in [1.165, 1.54) is 0 Å². The molecular formula is C13H15ClN2O2. The Morgan fingerprint density at radius 3 is 2.94 bits per heavy atom. The van der Waals surface area contributed by atoms with Crippen molar-refractivity contribution < 1.29 is 9.53 Å². The van der Waals surface area contributed by atoms with Gasteiger partial charge >= 0.3 is 0 Å². The summed E-state index contributed by atoms with van der Waals surface area (Å²) in [4.78, 5) is 11.3. The van der Waals surface area contributed by atoms with Crippen LogP contribution in [0.15, 0.2) is 12.1 Å². The van der Waals surface area contributed by atoms with Crippen LogP contribution in [0.2, 0.25) is 5.02 Å². The molecule has 0 bridgehead atoms. The van der Waals surface area contributed by atoms with Gasteiger partial charge in [0, 0.05) is 17.6 Å². The highest BCUT2D eigenvalue weighted by molar-refractivity contribution is 6.33. The van der Waals surface area contributed by atoms with Crippen LogP contribution in [0, 0.1) is 5.41 Å². The number of amides is 1. The number of benzene rings is 1. The third-order valence-electron chi connectivity index (χ3n) is 3.42. The van der Waals surface area contributed by atoms with Crippen LogP contribution in [0.1, 0.15) is 12.5 Å². The largest absolute Gasteiger partial charge is 0.383 e. The third kappa shape index (κ3) is 2.06. The topological polar surface area (TPSA) is 50.4 Å². The van der Waals surface area contributed by atoms with E-state index in [1.54, 1.807) is 0 Å². The molecule has 2 N–H and O–H groups in total. The molecule has 96 valence electrons. The van der Waals surface area contributed by atoms with E-state index in [1.807, 2.05) is 12.1 Å². The molecule has 1 aromatic carbocycles. The zero-order valence-corrected chi connectivity index (χ0v) is 10.9. The van der Waals surface area contributed by atoms with Gasteiger partial charge in [-0.05, 0) is 17.7 Å². The number of ether oxygens (including phenoxy) is 1. The number of carbonyl (C=O) groups is 1. The van der Waals surface area contributed by atoms with Gasteiger partial charge in [-0.2, -0.15) is 0 Å². The van der Waals surface area contributed by atoms with Crippen molar-refractivity contribution in [2.45, 2.75) is 13.3 Å². The Morgan fingerprint density at radius 2 is 2.28 bits per heavy atom. The molecule has 18 heavy (non-hydrogen) atoms. The van der Waals surface area contributed by atoms with Crippen LogP contribution in [0.3, 0.4) is 0 Å². The predicted octanol–water partition coefficient (Wildman–Crippen LogP) is 2.28. The predicted molar refractivity (Wildman–Crippen MR) is 71.2 cm³/mol. The lowest BCUT2D eigenvalue weighted by atomic mass is 9.88. The van der Waals surface area contributed by atoms with Crippen molar-refractivity contribution in [1.82, 2.24) is 0 Å². The van der Waals surface area contributed by atoms with Gasteiger partial charge in [-0.15, -0.1) is 0 Å². The molecule has 1 aromatic rings. The second-order valence-electron chi connectivity index (χ2n) is 5.37. The van der Waals surface area contributed by atoms with Gasteiger partial charge in [0.2, 0.25) is 5.91 Å². The molecule has 0 spiro atoms. The van der Waals surface area contributed by atoms with Crippen molar-refractivity contribution in [2.24, 2.45) is 5.41 Å². The number of anilines is 2. The fraction of sp³-hybridized carbons (Fsp3) is 0.462. The minimum atomic E-state index is 0.0255. The van der Waals surface area contributed by atoms with E-state index < -0.39 is 0 Å². The molecule has 0 unspecified atom stereocenters. The SMILES string of the molecule is CC1(CNc2cc3c(cc2Cl)NC(=O)C3)COC1. The van der Waals surface area contributed by atoms with E-state index in [-0.39, 0.29) is 11.3 Å². The summed E-state index contributed by atoms with van der Waals surface area (Å²) in [5, 5.41) is 6.78. The molecule has 0 saturated carbocycles. The molecule has 2 heterocycles. The van der Waals surface area contributed by atoms with Crippen LogP contribution < -0.4 is 10.6 Å². The van der Waals surface area contributed by atoms with Crippen molar-refractivity contribution in [3.63, 3.8) is 0 Å². The van der Waals surface area contributed by atoms with Gasteiger partial charge in [0.15, 0.2) is 0 Å². The molecule has 0 aromatic heterocycles. The first-order valence-electron chi connectivity index (χ1n) is 6.00. The van der Waals surface area contributed by atoms with Crippen LogP contribution in [0.4, 0.5) is 11.4 Å². The molecule has 4 nitrogen and oxygen atoms in total. The Balaban J connectivity index is 1.76. The second-order valence-corrected chi connectivity index (χ2v) is 5.78. The molecule has 0 aliphatic carbocycles. The number of hydrogen-bond acceptors (Lipinski definition) is 3. The quantitative estimate of drug-likeness (QED) is 0.883. The van der Waals surface area contributed by atoms with Gasteiger partial charge in [-0.1, -0.05) is 18.5 Å². The Labute approximate surface area is 111 Å². The number of carbonyl (C=O) groups excluding carboxylic acids is 1. The minimum Gasteiger partial charge on any atom is -0.383 e. The number of halogens is 1. The van der Waals surface area contributed by atoms with Gasteiger partial charge in [0.25, 0.3) is 0 Å². The van der Waals surface area contributed by atoms with Crippen molar-refractivity contribution in [3.05, 3.63) is 22.7 Å². The highest BCUT2D eigenvalue weighted by Crippen LogP contribution is 2.34. The zero-order valence-electron chi connectivity index (χ0n) is 10.2. The molecule has 1 fully saturated rings. The van der Waals surface area contributed by atoms with Gasteiger partial charge in [0.1, 0.15) is 0 Å². The van der Waals surface area contributed by atoms with E-state index >= 15 is 0 Å². The number of nitrogens with one attached hydrogen (secondary N) is 2. The van der Waals surface area contributed by atoms with Crippen molar-refractivity contribution in [3.8, 4) is 0 Å². The molecule has 1 amide bonds. The monoisotopic (exact) mass is 266 g/mol. The Kier molecular flexibility index (Phi) is 2.72. The van der Waals surface area contributed by atoms with E-state index in [2.05, 4.69) is 17.6 Å². The maximum Gasteiger partial charge on any atom is 0.228 e. The summed E-state index contributed by atoms with van der Waals surface area (Å²) >= 11 is 6.20. The Hall–Kier alpha value is -1.26. The number of fused-ring (bicyclic) bond motifs is 1. The summed E-state index contributed by atoms with van der Waals surface area (Å²) in [6.45, 7) is 4.56. The average molecular weight is 267 g/mol. The zero-order chi connectivity index (χ0) is 12.8. The lowest BCUT2D eigenvalue weighted by molar-refractivity contribution is -0.115. The van der Waals surface area contributed by atoms with Crippen LogP contribution >= 0.6 is 11.6 Å². The first kappa shape index (κ1) is 11.8. The van der Waals surface area contributed by atoms with Gasteiger partial charge in [0.05, 0.1) is 30.3 Å². The molecule has 1 saturated heterocycles.